The first-order valence-electron chi connectivity index (χ1n) is 2.92. The van der Waals surface area contributed by atoms with Gasteiger partial charge in [0.2, 0.25) is 0 Å². The second-order valence-electron chi connectivity index (χ2n) is 1.66. The van der Waals surface area contributed by atoms with E-state index in [2.05, 4.69) is 13.2 Å². The van der Waals surface area contributed by atoms with Gasteiger partial charge in [-0.2, -0.15) is 0 Å². The monoisotopic (exact) mass is 178 g/mol. The van der Waals surface area contributed by atoms with Crippen molar-refractivity contribution in [2.24, 2.45) is 0 Å². The molecule has 0 spiro atoms. The second kappa shape index (κ2) is 4.54. The van der Waals surface area contributed by atoms with E-state index < -0.39 is 23.3 Å². The predicted octanol–water partition coefficient (Wildman–Crippen LogP) is 3.05. The van der Waals surface area contributed by atoms with Gasteiger partial charge in [-0.25, -0.2) is 17.6 Å². The maximum absolute atomic E-state index is 12.0. The molecule has 0 atom stereocenters. The third kappa shape index (κ3) is 2.08. The van der Waals surface area contributed by atoms with Crippen molar-refractivity contribution in [3.05, 3.63) is 48.6 Å². The lowest BCUT2D eigenvalue weighted by Crippen LogP contribution is -1.93. The topological polar surface area (TPSA) is 0 Å². The van der Waals surface area contributed by atoms with Crippen LogP contribution in [0.5, 0.6) is 0 Å². The minimum Gasteiger partial charge on any atom is -0.204 e. The Morgan fingerprint density at radius 1 is 0.750 bits per heavy atom. The van der Waals surface area contributed by atoms with Gasteiger partial charge < -0.3 is 0 Å². The van der Waals surface area contributed by atoms with E-state index in [1.165, 1.54) is 0 Å². The van der Waals surface area contributed by atoms with Crippen molar-refractivity contribution in [2.75, 3.05) is 0 Å². The smallest absolute Gasteiger partial charge is 0.197 e. The van der Waals surface area contributed by atoms with Gasteiger partial charge in [0.25, 0.3) is 0 Å². The van der Waals surface area contributed by atoms with Crippen molar-refractivity contribution in [3.8, 4) is 0 Å². The van der Waals surface area contributed by atoms with E-state index in [1.807, 2.05) is 0 Å². The Hall–Kier alpha value is -1.32. The van der Waals surface area contributed by atoms with Gasteiger partial charge in [-0.3, -0.25) is 0 Å². The van der Waals surface area contributed by atoms with Gasteiger partial charge >= 0.3 is 0 Å². The summed E-state index contributed by atoms with van der Waals surface area (Å²) in [4.78, 5) is 0. The summed E-state index contributed by atoms with van der Waals surface area (Å²) in [5.74, 6) is -6.34. The summed E-state index contributed by atoms with van der Waals surface area (Å²) < 4.78 is 48.0. The fourth-order valence-electron chi connectivity index (χ4n) is 0.502. The first kappa shape index (κ1) is 10.7. The lowest BCUT2D eigenvalue weighted by molar-refractivity contribution is 0.409. The van der Waals surface area contributed by atoms with E-state index in [4.69, 9.17) is 0 Å². The van der Waals surface area contributed by atoms with Gasteiger partial charge in [-0.15, -0.1) is 13.2 Å². The van der Waals surface area contributed by atoms with Crippen molar-refractivity contribution in [1.29, 1.82) is 0 Å². The Kier molecular flexibility index (Phi) is 4.04. The zero-order valence-corrected chi connectivity index (χ0v) is 6.08. The maximum Gasteiger partial charge on any atom is 0.197 e. The first-order valence-corrected chi connectivity index (χ1v) is 2.92. The molecule has 66 valence electrons. The molecule has 0 fully saturated rings. The van der Waals surface area contributed by atoms with Crippen molar-refractivity contribution >= 4 is 0 Å². The van der Waals surface area contributed by atoms with Crippen molar-refractivity contribution in [2.45, 2.75) is 0 Å². The van der Waals surface area contributed by atoms with Gasteiger partial charge in [-0.1, -0.05) is 0 Å². The molecule has 4 heteroatoms. The van der Waals surface area contributed by atoms with Gasteiger partial charge in [0.1, 0.15) is 0 Å². The number of hydrogen-bond acceptors (Lipinski definition) is 0. The summed E-state index contributed by atoms with van der Waals surface area (Å²) >= 11 is 0. The highest BCUT2D eigenvalue weighted by Crippen LogP contribution is 2.12. The zero-order valence-electron chi connectivity index (χ0n) is 6.08. The van der Waals surface area contributed by atoms with E-state index in [-0.39, 0.29) is 0 Å². The van der Waals surface area contributed by atoms with Crippen LogP contribution in [-0.2, 0) is 0 Å². The first-order chi connectivity index (χ1) is 5.63. The van der Waals surface area contributed by atoms with Crippen LogP contribution >= 0.6 is 0 Å². The molecule has 0 aromatic heterocycles. The molecular weight excluding hydrogens is 172 g/mol. The maximum atomic E-state index is 12.0. The largest absolute Gasteiger partial charge is 0.204 e. The summed E-state index contributed by atoms with van der Waals surface area (Å²) in [5.41, 5.74) is 0. The zero-order chi connectivity index (χ0) is 9.72. The van der Waals surface area contributed by atoms with E-state index in [0.29, 0.717) is 12.1 Å². The molecular formula is C8H6F4. The summed E-state index contributed by atoms with van der Waals surface area (Å²) in [7, 11) is 0. The van der Waals surface area contributed by atoms with Gasteiger partial charge in [0.05, 0.1) is 0 Å². The highest BCUT2D eigenvalue weighted by Gasteiger charge is 2.11. The highest BCUT2D eigenvalue weighted by molar-refractivity contribution is 5.10. The molecule has 0 saturated carbocycles. The molecule has 0 unspecified atom stereocenters. The van der Waals surface area contributed by atoms with Crippen LogP contribution in [0.2, 0.25) is 0 Å². The molecule has 0 aliphatic carbocycles. The third-order valence-electron chi connectivity index (χ3n) is 0.988. The number of hydrogen-bond donors (Lipinski definition) is 0. The number of benzene rings is 1. The third-order valence-corrected chi connectivity index (χ3v) is 0.988. The van der Waals surface area contributed by atoms with E-state index in [1.54, 1.807) is 0 Å². The number of halogens is 4. The van der Waals surface area contributed by atoms with Crippen LogP contribution in [0, 0.1) is 23.3 Å². The van der Waals surface area contributed by atoms with Crippen LogP contribution in [-0.4, -0.2) is 0 Å². The molecule has 0 aliphatic rings. The fraction of sp³-hybridized carbons (Fsp3) is 0. The normalized spacial score (nSPS) is 8.67. The summed E-state index contributed by atoms with van der Waals surface area (Å²) in [6.45, 7) is 6.00. The van der Waals surface area contributed by atoms with E-state index in [0.717, 1.165) is 0 Å². The molecule has 0 aliphatic heterocycles. The Morgan fingerprint density at radius 2 is 1.00 bits per heavy atom. The van der Waals surface area contributed by atoms with Gasteiger partial charge in [0.15, 0.2) is 23.3 Å². The molecule has 0 saturated heterocycles. The lowest BCUT2D eigenvalue weighted by Gasteiger charge is -1.93. The predicted molar refractivity (Wildman–Crippen MR) is 37.5 cm³/mol. The summed E-state index contributed by atoms with van der Waals surface area (Å²) in [6.07, 6.45) is 0. The Bertz CT molecular complexity index is 243. The van der Waals surface area contributed by atoms with Crippen LogP contribution in [0.25, 0.3) is 0 Å². The average molecular weight is 178 g/mol. The van der Waals surface area contributed by atoms with E-state index in [9.17, 15) is 17.6 Å². The van der Waals surface area contributed by atoms with Crippen LogP contribution in [0.1, 0.15) is 0 Å². The fourth-order valence-corrected chi connectivity index (χ4v) is 0.502. The minimum atomic E-state index is -1.78. The van der Waals surface area contributed by atoms with Crippen LogP contribution in [0.4, 0.5) is 17.6 Å². The Balaban J connectivity index is 0.000000561. The molecule has 1 aromatic rings. The highest BCUT2D eigenvalue weighted by atomic mass is 19.2. The molecule has 1 aromatic carbocycles. The Morgan fingerprint density at radius 3 is 1.25 bits per heavy atom. The summed E-state index contributed by atoms with van der Waals surface area (Å²) in [5, 5.41) is 0. The molecule has 0 nitrogen and oxygen atoms in total. The lowest BCUT2D eigenvalue weighted by atomic mass is 10.3. The van der Waals surface area contributed by atoms with Gasteiger partial charge in [-0.05, 0) is 12.1 Å². The van der Waals surface area contributed by atoms with Crippen molar-refractivity contribution in [3.63, 3.8) is 0 Å². The quantitative estimate of drug-likeness (QED) is 0.248. The van der Waals surface area contributed by atoms with Gasteiger partial charge in [0, 0.05) is 0 Å². The van der Waals surface area contributed by atoms with Crippen LogP contribution < -0.4 is 0 Å². The second-order valence-corrected chi connectivity index (χ2v) is 1.66. The average Bonchev–Trinajstić information content (AvgIpc) is 2.12. The number of rotatable bonds is 0. The molecule has 1 rings (SSSR count). The van der Waals surface area contributed by atoms with E-state index >= 15 is 0 Å². The van der Waals surface area contributed by atoms with Crippen LogP contribution in [0.15, 0.2) is 25.3 Å². The Labute approximate surface area is 67.1 Å². The van der Waals surface area contributed by atoms with Crippen LogP contribution in [0.3, 0.4) is 0 Å². The summed E-state index contributed by atoms with van der Waals surface area (Å²) in [6, 6.07) is 1.04. The molecule has 12 heavy (non-hydrogen) atoms. The molecule has 0 amide bonds. The van der Waals surface area contributed by atoms with Crippen molar-refractivity contribution < 1.29 is 17.6 Å². The van der Waals surface area contributed by atoms with Crippen molar-refractivity contribution in [1.82, 2.24) is 0 Å². The molecule has 0 radical (unpaired) electrons. The minimum absolute atomic E-state index is 0.522. The SMILES string of the molecule is C=C.Fc1ccc(F)c(F)c1F. The molecule has 0 heterocycles. The standard InChI is InChI=1S/C6H2F4.C2H4/c7-3-1-2-4(8)6(10)5(3)9;1-2/h1-2H;1-2H2. The molecule has 0 bridgehead atoms. The molecule has 0 N–H and O–H groups in total.